The van der Waals surface area contributed by atoms with Gasteiger partial charge in [0.1, 0.15) is 18.1 Å². The number of carbonyl (C=O) groups excluding carboxylic acids is 5. The normalized spacial score (nSPS) is 42.3. The van der Waals surface area contributed by atoms with E-state index in [2.05, 4.69) is 5.32 Å². The van der Waals surface area contributed by atoms with Crippen LogP contribution in [0.2, 0.25) is 0 Å². The quantitative estimate of drug-likeness (QED) is 0.441. The van der Waals surface area contributed by atoms with Crippen LogP contribution >= 0.6 is 43.2 Å². The summed E-state index contributed by atoms with van der Waals surface area (Å²) in [6, 6.07) is 10.5. The number of rotatable bonds is 3. The van der Waals surface area contributed by atoms with E-state index in [0.717, 1.165) is 21.6 Å². The van der Waals surface area contributed by atoms with Crippen LogP contribution in [0.1, 0.15) is 37.0 Å². The smallest absolute Gasteiger partial charge is 0.409 e. The van der Waals surface area contributed by atoms with Crippen molar-refractivity contribution in [1.29, 1.82) is 0 Å². The molecule has 13 nitrogen and oxygen atoms in total. The topological polar surface area (TPSA) is 143 Å². The number of aliphatic hydroxyl groups excluding tert-OH is 1. The van der Waals surface area contributed by atoms with Crippen LogP contribution in [-0.4, -0.2) is 131 Å². The van der Waals surface area contributed by atoms with Gasteiger partial charge in [-0.15, -0.1) is 0 Å². The highest BCUT2D eigenvalue weighted by molar-refractivity contribution is 8.78. The Balaban J connectivity index is 1.38. The Morgan fingerprint density at radius 2 is 1.62 bits per heavy atom. The number of amides is 5. The predicted octanol–water partition coefficient (Wildman–Crippen LogP) is 2.74. The number of nitrogens with one attached hydrogen (secondary N) is 1. The summed E-state index contributed by atoms with van der Waals surface area (Å²) < 4.78 is 22.6. The lowest BCUT2D eigenvalue weighted by Crippen LogP contribution is -2.77. The van der Waals surface area contributed by atoms with Crippen molar-refractivity contribution < 1.29 is 38.2 Å². The van der Waals surface area contributed by atoms with Gasteiger partial charge in [0, 0.05) is 33.9 Å². The van der Waals surface area contributed by atoms with Crippen LogP contribution in [-0.2, 0) is 41.2 Å². The number of benzene rings is 2. The zero-order valence-electron chi connectivity index (χ0n) is 29.4. The summed E-state index contributed by atoms with van der Waals surface area (Å²) in [7, 11) is 10.8. The van der Waals surface area contributed by atoms with Gasteiger partial charge in [-0.05, 0) is 76.2 Å². The first-order chi connectivity index (χ1) is 25.1. The highest BCUT2D eigenvalue weighted by Gasteiger charge is 2.93. The maximum absolute atomic E-state index is 15.9. The Morgan fingerprint density at radius 1 is 0.925 bits per heavy atom. The summed E-state index contributed by atoms with van der Waals surface area (Å²) in [5.74, 6) is -2.35. The standard InChI is InChI=1S/C35H35FN6O7S4/c1-7-31-26(45)41-21-14-16-12-13-17(36)15-19(16)32(21,22(43)34(41,52-51-31)27(46)40(31)6)33-18-10-8-9-11-20(18)37-24(33)42-25(44)30(2)39(5)28(47)35(42,53-50-30)23(33)49-29(48)38(3)4/h8-13,15,21-24,37,43H,7,14H2,1-6H3/t21-,22-,23-,24+,30-,31-,32-,33+,34-,35-/m0/s1. The Bertz CT molecular complexity index is 2150. The van der Waals surface area contributed by atoms with E-state index < -0.39 is 84.4 Å². The zero-order valence-corrected chi connectivity index (χ0v) is 32.7. The van der Waals surface area contributed by atoms with Gasteiger partial charge in [-0.2, -0.15) is 0 Å². The Kier molecular flexibility index (Phi) is 6.52. The third-order valence-corrected chi connectivity index (χ3v) is 20.8. The van der Waals surface area contributed by atoms with Gasteiger partial charge in [-0.3, -0.25) is 24.1 Å². The monoisotopic (exact) mass is 798 g/mol. The van der Waals surface area contributed by atoms with Gasteiger partial charge in [0.2, 0.25) is 9.74 Å². The van der Waals surface area contributed by atoms with Crippen LogP contribution in [0.4, 0.5) is 14.9 Å². The maximum atomic E-state index is 15.9. The van der Waals surface area contributed by atoms with Gasteiger partial charge >= 0.3 is 6.09 Å². The molecule has 9 aliphatic heterocycles. The molecule has 10 atom stereocenters. The lowest BCUT2D eigenvalue weighted by atomic mass is 9.51. The molecular formula is C35H35FN6O7S4. The van der Waals surface area contributed by atoms with Gasteiger partial charge in [-0.1, -0.05) is 52.8 Å². The molecule has 8 fully saturated rings. The molecule has 278 valence electrons. The van der Waals surface area contributed by atoms with Gasteiger partial charge in [0.25, 0.3) is 23.6 Å². The first-order valence-corrected chi connectivity index (χ1v) is 21.6. The third kappa shape index (κ3) is 3.18. The number of nitrogens with zero attached hydrogens (tertiary/aromatic N) is 5. The average Bonchev–Trinajstić information content (AvgIpc) is 3.79. The van der Waals surface area contributed by atoms with Gasteiger partial charge < -0.3 is 34.8 Å². The molecule has 12 rings (SSSR count). The number of aliphatic hydroxyl groups is 1. The van der Waals surface area contributed by atoms with Gasteiger partial charge in [-0.25, -0.2) is 9.18 Å². The van der Waals surface area contributed by atoms with Crippen molar-refractivity contribution in [2.45, 2.75) is 81.4 Å². The average molecular weight is 799 g/mol. The second-order valence-electron chi connectivity index (χ2n) is 15.3. The molecule has 8 saturated heterocycles. The molecule has 10 aliphatic rings. The molecule has 1 aliphatic carbocycles. The van der Waals surface area contributed by atoms with E-state index in [1.54, 1.807) is 39.2 Å². The molecule has 53 heavy (non-hydrogen) atoms. The van der Waals surface area contributed by atoms with Crippen LogP contribution in [0.25, 0.3) is 0 Å². The molecule has 5 amide bonds. The van der Waals surface area contributed by atoms with Crippen molar-refractivity contribution in [3.05, 3.63) is 65.0 Å². The lowest BCUT2D eigenvalue weighted by Gasteiger charge is -2.59. The van der Waals surface area contributed by atoms with E-state index in [1.165, 1.54) is 72.3 Å². The summed E-state index contributed by atoms with van der Waals surface area (Å²) in [5.41, 5.74) is -1.60. The van der Waals surface area contributed by atoms with Crippen molar-refractivity contribution in [2.75, 3.05) is 33.5 Å². The molecule has 0 saturated carbocycles. The summed E-state index contributed by atoms with van der Waals surface area (Å²) in [5, 5.41) is 17.2. The van der Waals surface area contributed by atoms with E-state index in [-0.39, 0.29) is 18.7 Å². The molecule has 2 N–H and O–H groups in total. The molecule has 2 aromatic rings. The predicted molar refractivity (Wildman–Crippen MR) is 198 cm³/mol. The maximum Gasteiger partial charge on any atom is 0.409 e. The number of likely N-dealkylation sites (N-methyl/N-ethyl adjacent to an activating group) is 2. The van der Waals surface area contributed by atoms with E-state index in [1.807, 2.05) is 19.1 Å². The van der Waals surface area contributed by atoms with Gasteiger partial charge in [0.05, 0.1) is 16.9 Å². The second kappa shape index (κ2) is 10.1. The first-order valence-electron chi connectivity index (χ1n) is 17.3. The molecule has 2 spiro atoms. The summed E-state index contributed by atoms with van der Waals surface area (Å²) in [6.07, 6.45) is -4.85. The minimum Gasteiger partial charge on any atom is -0.441 e. The number of para-hydroxylation sites is 1. The highest BCUT2D eigenvalue weighted by Crippen LogP contribution is 2.79. The minimum atomic E-state index is -1.88. The zero-order chi connectivity index (χ0) is 37.6. The number of carbonyl (C=O) groups is 5. The lowest BCUT2D eigenvalue weighted by molar-refractivity contribution is -0.168. The fraction of sp³-hybridized carbons (Fsp3) is 0.514. The number of hydrogen-bond acceptors (Lipinski definition) is 12. The highest BCUT2D eigenvalue weighted by atomic mass is 33.1. The summed E-state index contributed by atoms with van der Waals surface area (Å²) in [6.45, 7) is 3.51. The first kappa shape index (κ1) is 34.2. The molecule has 0 unspecified atom stereocenters. The third-order valence-electron chi connectivity index (χ3n) is 13.4. The van der Waals surface area contributed by atoms with Crippen LogP contribution in [0.5, 0.6) is 0 Å². The molecule has 9 heterocycles. The second-order valence-corrected chi connectivity index (χ2v) is 20.7. The van der Waals surface area contributed by atoms with E-state index >= 15 is 18.8 Å². The fourth-order valence-electron chi connectivity index (χ4n) is 11.0. The van der Waals surface area contributed by atoms with E-state index in [9.17, 15) is 14.7 Å². The Hall–Kier alpha value is -3.32. The van der Waals surface area contributed by atoms with Crippen LogP contribution < -0.4 is 5.32 Å². The van der Waals surface area contributed by atoms with Gasteiger partial charge in [0.15, 0.2) is 15.8 Å². The number of fused-ring (bicyclic) bond motifs is 11. The van der Waals surface area contributed by atoms with Crippen molar-refractivity contribution >= 4 is 78.6 Å². The van der Waals surface area contributed by atoms with E-state index in [0.29, 0.717) is 22.4 Å². The van der Waals surface area contributed by atoms with Crippen molar-refractivity contribution in [1.82, 2.24) is 24.5 Å². The SMILES string of the molecule is CC[C@@]12SS[C@]3(C(=O)N1C)[C@@H](O)[C@]1([C@@]45c6ccccc6N[C@@H]4N4C(=O)[C@]6(C)SS[C@]4(C(=O)N6C)[C@H]5OC(=O)N(C)C)c4cc(F)ccc4C[C@@H]1N3C2=O. The number of ether oxygens (including phenoxy) is 1. The van der Waals surface area contributed by atoms with Crippen LogP contribution in [0, 0.1) is 5.82 Å². The van der Waals surface area contributed by atoms with Crippen molar-refractivity contribution in [3.8, 4) is 0 Å². The number of piperazine rings is 2. The largest absolute Gasteiger partial charge is 0.441 e. The molecule has 0 radical (unpaired) electrons. The molecular weight excluding hydrogens is 764 g/mol. The molecule has 2 aromatic carbocycles. The number of anilines is 1. The molecule has 18 heteroatoms. The minimum absolute atomic E-state index is 0.127. The number of halogens is 1. The van der Waals surface area contributed by atoms with Crippen molar-refractivity contribution in [3.63, 3.8) is 0 Å². The molecule has 0 aromatic heterocycles. The van der Waals surface area contributed by atoms with Crippen molar-refractivity contribution in [2.24, 2.45) is 0 Å². The Labute approximate surface area is 319 Å². The van der Waals surface area contributed by atoms with E-state index in [4.69, 9.17) is 4.74 Å². The summed E-state index contributed by atoms with van der Waals surface area (Å²) >= 11 is 0. The fourth-order valence-corrected chi connectivity index (χ4v) is 18.5. The van der Waals surface area contributed by atoms with Crippen LogP contribution in [0.15, 0.2) is 42.5 Å². The summed E-state index contributed by atoms with van der Waals surface area (Å²) in [4.78, 5) is 75.0. The Morgan fingerprint density at radius 3 is 2.34 bits per heavy atom. The molecule has 4 bridgehead atoms. The number of hydrogen-bond donors (Lipinski definition) is 2. The van der Waals surface area contributed by atoms with Crippen LogP contribution in [0.3, 0.4) is 0 Å².